The van der Waals surface area contributed by atoms with Gasteiger partial charge in [0.1, 0.15) is 0 Å². The minimum absolute atomic E-state index is 0.154. The molecular weight excluding hydrogens is 374 g/mol. The van der Waals surface area contributed by atoms with Crippen LogP contribution in [0.3, 0.4) is 0 Å². The van der Waals surface area contributed by atoms with Crippen LogP contribution in [0.4, 0.5) is 5.69 Å². The number of anilines is 1. The van der Waals surface area contributed by atoms with E-state index in [9.17, 15) is 9.59 Å². The summed E-state index contributed by atoms with van der Waals surface area (Å²) in [5.74, 6) is 0.437. The van der Waals surface area contributed by atoms with Crippen LogP contribution in [0.5, 0.6) is 0 Å². The van der Waals surface area contributed by atoms with Crippen molar-refractivity contribution in [3.05, 3.63) is 58.0 Å². The molecule has 0 saturated carbocycles. The van der Waals surface area contributed by atoms with Crippen molar-refractivity contribution in [3.8, 4) is 11.4 Å². The lowest BCUT2D eigenvalue weighted by atomic mass is 10.2. The number of pyridine rings is 1. The quantitative estimate of drug-likeness (QED) is 0.678. The topological polar surface area (TPSA) is 81.8 Å². The van der Waals surface area contributed by atoms with Gasteiger partial charge in [-0.05, 0) is 30.3 Å². The van der Waals surface area contributed by atoms with Crippen molar-refractivity contribution in [3.63, 3.8) is 0 Å². The van der Waals surface area contributed by atoms with E-state index >= 15 is 0 Å². The number of hydrogen-bond acceptors (Lipinski definition) is 5. The standard InChI is InChI=1S/C17H16ClN5O2S/c1-22-8-4-7-13(16(22)25)15-20-21-17(23(15)2)26-10-14(24)19-12-6-3-5-11(18)9-12/h3-9H,10H2,1-2H3,(H,19,24). The van der Waals surface area contributed by atoms with E-state index in [2.05, 4.69) is 15.5 Å². The zero-order valence-corrected chi connectivity index (χ0v) is 15.7. The molecule has 0 aliphatic carbocycles. The van der Waals surface area contributed by atoms with Crippen molar-refractivity contribution in [2.75, 3.05) is 11.1 Å². The van der Waals surface area contributed by atoms with Crippen LogP contribution in [-0.4, -0.2) is 31.0 Å². The van der Waals surface area contributed by atoms with E-state index in [1.54, 1.807) is 61.3 Å². The van der Waals surface area contributed by atoms with Gasteiger partial charge in [0.2, 0.25) is 5.91 Å². The van der Waals surface area contributed by atoms with Gasteiger partial charge in [0.15, 0.2) is 11.0 Å². The Labute approximate surface area is 159 Å². The Balaban J connectivity index is 1.70. The molecule has 26 heavy (non-hydrogen) atoms. The molecule has 0 aliphatic heterocycles. The predicted octanol–water partition coefficient (Wildman–Crippen LogP) is 2.56. The maximum Gasteiger partial charge on any atom is 0.261 e. The molecule has 1 N–H and O–H groups in total. The highest BCUT2D eigenvalue weighted by Gasteiger charge is 2.15. The second-order valence-electron chi connectivity index (χ2n) is 5.55. The second kappa shape index (κ2) is 7.76. The van der Waals surface area contributed by atoms with E-state index in [0.29, 0.717) is 27.3 Å². The lowest BCUT2D eigenvalue weighted by Gasteiger charge is -2.06. The summed E-state index contributed by atoms with van der Waals surface area (Å²) >= 11 is 7.14. The van der Waals surface area contributed by atoms with Crippen LogP contribution in [0, 0.1) is 0 Å². The third kappa shape index (κ3) is 3.97. The molecule has 0 bridgehead atoms. The van der Waals surface area contributed by atoms with Gasteiger partial charge in [-0.2, -0.15) is 0 Å². The highest BCUT2D eigenvalue weighted by atomic mass is 35.5. The number of rotatable bonds is 5. The van der Waals surface area contributed by atoms with Crippen LogP contribution in [0.15, 0.2) is 52.5 Å². The average molecular weight is 390 g/mol. The number of hydrogen-bond donors (Lipinski definition) is 1. The van der Waals surface area contributed by atoms with Crippen molar-refractivity contribution in [1.82, 2.24) is 19.3 Å². The number of benzene rings is 1. The number of amides is 1. The lowest BCUT2D eigenvalue weighted by Crippen LogP contribution is -2.18. The molecule has 2 heterocycles. The van der Waals surface area contributed by atoms with Crippen molar-refractivity contribution < 1.29 is 4.79 Å². The molecule has 9 heteroatoms. The molecule has 0 radical (unpaired) electrons. The van der Waals surface area contributed by atoms with E-state index in [-0.39, 0.29) is 17.2 Å². The predicted molar refractivity (Wildman–Crippen MR) is 102 cm³/mol. The molecule has 7 nitrogen and oxygen atoms in total. The number of halogens is 1. The molecule has 0 atom stereocenters. The normalized spacial score (nSPS) is 10.7. The summed E-state index contributed by atoms with van der Waals surface area (Å²) in [7, 11) is 3.44. The first-order valence-corrected chi connectivity index (χ1v) is 9.05. The molecule has 0 unspecified atom stereocenters. The summed E-state index contributed by atoms with van der Waals surface area (Å²) in [6.07, 6.45) is 1.68. The number of nitrogens with one attached hydrogen (secondary N) is 1. The summed E-state index contributed by atoms with van der Waals surface area (Å²) < 4.78 is 3.18. The molecule has 0 saturated heterocycles. The molecule has 1 amide bonds. The van der Waals surface area contributed by atoms with Gasteiger partial charge in [0.25, 0.3) is 5.56 Å². The third-order valence-electron chi connectivity index (χ3n) is 3.64. The fourth-order valence-electron chi connectivity index (χ4n) is 2.34. The lowest BCUT2D eigenvalue weighted by molar-refractivity contribution is -0.113. The molecule has 3 rings (SSSR count). The summed E-state index contributed by atoms with van der Waals surface area (Å²) in [4.78, 5) is 24.3. The maximum atomic E-state index is 12.2. The van der Waals surface area contributed by atoms with Gasteiger partial charge in [-0.1, -0.05) is 29.4 Å². The fraction of sp³-hybridized carbons (Fsp3) is 0.176. The molecule has 0 spiro atoms. The number of aryl methyl sites for hydroxylation is 1. The van der Waals surface area contributed by atoms with Crippen LogP contribution in [0.2, 0.25) is 5.02 Å². The summed E-state index contributed by atoms with van der Waals surface area (Å²) in [6.45, 7) is 0. The van der Waals surface area contributed by atoms with Crippen LogP contribution >= 0.6 is 23.4 Å². The Morgan fingerprint density at radius 2 is 2.04 bits per heavy atom. The van der Waals surface area contributed by atoms with Crippen LogP contribution in [-0.2, 0) is 18.9 Å². The SMILES string of the molecule is Cn1c(SCC(=O)Nc2cccc(Cl)c2)nnc1-c1cccn(C)c1=O. The Kier molecular flexibility index (Phi) is 5.43. The molecule has 3 aromatic rings. The van der Waals surface area contributed by atoms with E-state index < -0.39 is 0 Å². The van der Waals surface area contributed by atoms with Gasteiger partial charge in [-0.3, -0.25) is 9.59 Å². The largest absolute Gasteiger partial charge is 0.325 e. The van der Waals surface area contributed by atoms with Gasteiger partial charge in [0.05, 0.1) is 11.3 Å². The number of aromatic nitrogens is 4. The first-order valence-electron chi connectivity index (χ1n) is 7.69. The number of carbonyl (C=O) groups is 1. The van der Waals surface area contributed by atoms with Crippen LogP contribution < -0.4 is 10.9 Å². The van der Waals surface area contributed by atoms with Gasteiger partial charge >= 0.3 is 0 Å². The monoisotopic (exact) mass is 389 g/mol. The van der Waals surface area contributed by atoms with Crippen molar-refractivity contribution in [1.29, 1.82) is 0 Å². The van der Waals surface area contributed by atoms with Gasteiger partial charge in [0, 0.05) is 31.0 Å². The van der Waals surface area contributed by atoms with E-state index in [1.165, 1.54) is 16.3 Å². The molecule has 134 valence electrons. The van der Waals surface area contributed by atoms with Crippen molar-refractivity contribution >= 4 is 35.0 Å². The van der Waals surface area contributed by atoms with Crippen molar-refractivity contribution in [2.24, 2.45) is 14.1 Å². The minimum Gasteiger partial charge on any atom is -0.325 e. The summed E-state index contributed by atoms with van der Waals surface area (Å²) in [5.41, 5.74) is 0.938. The number of thioether (sulfide) groups is 1. The van der Waals surface area contributed by atoms with E-state index in [1.807, 2.05) is 0 Å². The van der Waals surface area contributed by atoms with Crippen LogP contribution in [0.25, 0.3) is 11.4 Å². The Morgan fingerprint density at radius 3 is 2.81 bits per heavy atom. The summed E-state index contributed by atoms with van der Waals surface area (Å²) in [5, 5.41) is 12.0. The third-order valence-corrected chi connectivity index (χ3v) is 4.90. The van der Waals surface area contributed by atoms with Crippen molar-refractivity contribution in [2.45, 2.75) is 5.16 Å². The summed E-state index contributed by atoms with van der Waals surface area (Å²) in [6, 6.07) is 10.4. The zero-order valence-electron chi connectivity index (χ0n) is 14.1. The van der Waals surface area contributed by atoms with Gasteiger partial charge < -0.3 is 14.5 Å². The van der Waals surface area contributed by atoms with Crippen LogP contribution in [0.1, 0.15) is 0 Å². The smallest absolute Gasteiger partial charge is 0.261 e. The maximum absolute atomic E-state index is 12.2. The Bertz CT molecular complexity index is 1010. The second-order valence-corrected chi connectivity index (χ2v) is 6.93. The molecule has 0 aliphatic rings. The number of nitrogens with zero attached hydrogens (tertiary/aromatic N) is 4. The van der Waals surface area contributed by atoms with Gasteiger partial charge in [-0.25, -0.2) is 0 Å². The fourth-order valence-corrected chi connectivity index (χ4v) is 3.24. The first-order chi connectivity index (χ1) is 12.5. The highest BCUT2D eigenvalue weighted by Crippen LogP contribution is 2.21. The van der Waals surface area contributed by atoms with E-state index in [0.717, 1.165) is 0 Å². The zero-order chi connectivity index (χ0) is 18.7. The first kappa shape index (κ1) is 18.2. The van der Waals surface area contributed by atoms with Gasteiger partial charge in [-0.15, -0.1) is 10.2 Å². The highest BCUT2D eigenvalue weighted by molar-refractivity contribution is 7.99. The Morgan fingerprint density at radius 1 is 1.23 bits per heavy atom. The Hall–Kier alpha value is -2.58. The molecular formula is C17H16ClN5O2S. The van der Waals surface area contributed by atoms with E-state index in [4.69, 9.17) is 11.6 Å². The number of carbonyl (C=O) groups excluding carboxylic acids is 1. The molecule has 0 fully saturated rings. The molecule has 2 aromatic heterocycles. The minimum atomic E-state index is -0.183. The molecule has 1 aromatic carbocycles. The average Bonchev–Trinajstić information content (AvgIpc) is 2.96.